The van der Waals surface area contributed by atoms with Crippen LogP contribution in [0.4, 0.5) is 0 Å². The predicted octanol–water partition coefficient (Wildman–Crippen LogP) is 2.76. The quantitative estimate of drug-likeness (QED) is 0.382. The monoisotopic (exact) mass is 134 g/mol. The summed E-state index contributed by atoms with van der Waals surface area (Å²) in [5.74, 6) is 3.33. The van der Waals surface area contributed by atoms with Crippen LogP contribution in [0.25, 0.3) is 0 Å². The van der Waals surface area contributed by atoms with Crippen molar-refractivity contribution in [1.29, 1.82) is 0 Å². The van der Waals surface area contributed by atoms with E-state index >= 15 is 0 Å². The lowest BCUT2D eigenvalue weighted by Crippen LogP contribution is -2.02. The Labute approximate surface area is 63.3 Å². The third kappa shape index (κ3) is 1.64. The van der Waals surface area contributed by atoms with Gasteiger partial charge in [-0.2, -0.15) is 0 Å². The van der Waals surface area contributed by atoms with Crippen molar-refractivity contribution in [2.24, 2.45) is 5.92 Å². The molecule has 0 aliphatic heterocycles. The van der Waals surface area contributed by atoms with Gasteiger partial charge in [0.25, 0.3) is 0 Å². The Morgan fingerprint density at radius 2 is 2.60 bits per heavy atom. The molecule has 0 nitrogen and oxygen atoms in total. The van der Waals surface area contributed by atoms with Crippen molar-refractivity contribution in [3.63, 3.8) is 0 Å². The first-order chi connectivity index (χ1) is 4.86. The normalized spacial score (nSPS) is 25.2. The molecule has 0 fully saturated rings. The van der Waals surface area contributed by atoms with E-state index in [0.717, 1.165) is 6.42 Å². The maximum atomic E-state index is 5.31. The maximum absolute atomic E-state index is 5.31. The molecular weight excluding hydrogens is 120 g/mol. The topological polar surface area (TPSA) is 0 Å². The summed E-state index contributed by atoms with van der Waals surface area (Å²) in [5.41, 5.74) is 1.59. The van der Waals surface area contributed by atoms with Crippen LogP contribution in [-0.2, 0) is 0 Å². The first kappa shape index (κ1) is 7.41. The molecule has 0 radical (unpaired) electrons. The second kappa shape index (κ2) is 3.46. The molecule has 1 aliphatic carbocycles. The zero-order chi connectivity index (χ0) is 7.40. The van der Waals surface area contributed by atoms with Crippen molar-refractivity contribution in [3.05, 3.63) is 11.6 Å². The smallest absolute Gasteiger partial charge is 0.0237 e. The van der Waals surface area contributed by atoms with Crippen LogP contribution in [0.1, 0.15) is 32.6 Å². The SMILES string of the molecule is C#CC1CC=C(CC)CC1. The lowest BCUT2D eigenvalue weighted by molar-refractivity contribution is 0.577. The standard InChI is InChI=1S/C10H14/c1-3-9-5-7-10(4-2)8-6-9/h1,7,9H,4-6,8H2,2H3. The molecule has 0 heterocycles. The summed E-state index contributed by atoms with van der Waals surface area (Å²) >= 11 is 0. The summed E-state index contributed by atoms with van der Waals surface area (Å²) in [5, 5.41) is 0. The molecule has 10 heavy (non-hydrogen) atoms. The van der Waals surface area contributed by atoms with Crippen molar-refractivity contribution < 1.29 is 0 Å². The lowest BCUT2D eigenvalue weighted by atomic mass is 9.89. The number of hydrogen-bond donors (Lipinski definition) is 0. The van der Waals surface area contributed by atoms with Gasteiger partial charge in [0.2, 0.25) is 0 Å². The fourth-order valence-electron chi connectivity index (χ4n) is 1.36. The molecule has 0 aromatic carbocycles. The Kier molecular flexibility index (Phi) is 2.57. The Morgan fingerprint density at radius 3 is 3.00 bits per heavy atom. The second-order valence-electron chi connectivity index (χ2n) is 2.85. The highest BCUT2D eigenvalue weighted by Gasteiger charge is 2.09. The number of hydrogen-bond acceptors (Lipinski definition) is 0. The van der Waals surface area contributed by atoms with Gasteiger partial charge in [-0.25, -0.2) is 0 Å². The Balaban J connectivity index is 2.46. The summed E-state index contributed by atoms with van der Waals surface area (Å²) in [6.45, 7) is 2.21. The first-order valence-electron chi connectivity index (χ1n) is 4.00. The average molecular weight is 134 g/mol. The van der Waals surface area contributed by atoms with Crippen LogP contribution in [0.15, 0.2) is 11.6 Å². The van der Waals surface area contributed by atoms with Gasteiger partial charge < -0.3 is 0 Å². The molecule has 0 saturated carbocycles. The van der Waals surface area contributed by atoms with Crippen molar-refractivity contribution in [3.8, 4) is 12.3 Å². The highest BCUT2D eigenvalue weighted by Crippen LogP contribution is 2.24. The molecule has 0 N–H and O–H groups in total. The van der Waals surface area contributed by atoms with Crippen molar-refractivity contribution in [2.75, 3.05) is 0 Å². The van der Waals surface area contributed by atoms with Gasteiger partial charge in [0.05, 0.1) is 0 Å². The Morgan fingerprint density at radius 1 is 1.80 bits per heavy atom. The summed E-state index contributed by atoms with van der Waals surface area (Å²) < 4.78 is 0. The van der Waals surface area contributed by atoms with Gasteiger partial charge in [0, 0.05) is 5.92 Å². The molecule has 0 amide bonds. The van der Waals surface area contributed by atoms with Crippen molar-refractivity contribution in [1.82, 2.24) is 0 Å². The molecule has 1 atom stereocenters. The fourth-order valence-corrected chi connectivity index (χ4v) is 1.36. The zero-order valence-corrected chi connectivity index (χ0v) is 6.56. The van der Waals surface area contributed by atoms with Crippen LogP contribution in [0.5, 0.6) is 0 Å². The highest BCUT2D eigenvalue weighted by molar-refractivity contribution is 5.10. The van der Waals surface area contributed by atoms with E-state index in [2.05, 4.69) is 18.9 Å². The number of allylic oxidation sites excluding steroid dienone is 2. The van der Waals surface area contributed by atoms with E-state index in [4.69, 9.17) is 6.42 Å². The number of terminal acetylenes is 1. The molecule has 1 unspecified atom stereocenters. The van der Waals surface area contributed by atoms with E-state index in [-0.39, 0.29) is 0 Å². The Hall–Kier alpha value is -0.700. The van der Waals surface area contributed by atoms with Gasteiger partial charge >= 0.3 is 0 Å². The van der Waals surface area contributed by atoms with Crippen LogP contribution >= 0.6 is 0 Å². The largest absolute Gasteiger partial charge is 0.120 e. The van der Waals surface area contributed by atoms with Crippen LogP contribution < -0.4 is 0 Å². The van der Waals surface area contributed by atoms with Gasteiger partial charge in [-0.3, -0.25) is 0 Å². The van der Waals surface area contributed by atoms with E-state index in [1.807, 2.05) is 0 Å². The van der Waals surface area contributed by atoms with Gasteiger partial charge in [-0.15, -0.1) is 12.3 Å². The first-order valence-corrected chi connectivity index (χ1v) is 4.00. The van der Waals surface area contributed by atoms with E-state index in [9.17, 15) is 0 Å². The molecule has 0 aromatic rings. The number of rotatable bonds is 1. The summed E-state index contributed by atoms with van der Waals surface area (Å²) in [4.78, 5) is 0. The van der Waals surface area contributed by atoms with E-state index in [1.165, 1.54) is 19.3 Å². The molecule has 1 aliphatic rings. The second-order valence-corrected chi connectivity index (χ2v) is 2.85. The minimum absolute atomic E-state index is 0.523. The van der Waals surface area contributed by atoms with Crippen LogP contribution in [-0.4, -0.2) is 0 Å². The lowest BCUT2D eigenvalue weighted by Gasteiger charge is -2.15. The van der Waals surface area contributed by atoms with Crippen molar-refractivity contribution in [2.45, 2.75) is 32.6 Å². The van der Waals surface area contributed by atoms with Crippen LogP contribution in [0.2, 0.25) is 0 Å². The molecule has 0 spiro atoms. The Bertz CT molecular complexity index is 169. The van der Waals surface area contributed by atoms with Crippen molar-refractivity contribution >= 4 is 0 Å². The van der Waals surface area contributed by atoms with Crippen LogP contribution in [0.3, 0.4) is 0 Å². The minimum atomic E-state index is 0.523. The third-order valence-electron chi connectivity index (χ3n) is 2.19. The molecule has 54 valence electrons. The third-order valence-corrected chi connectivity index (χ3v) is 2.19. The molecule has 0 heteroatoms. The summed E-state index contributed by atoms with van der Waals surface area (Å²) in [7, 11) is 0. The van der Waals surface area contributed by atoms with Gasteiger partial charge in [-0.05, 0) is 25.7 Å². The fraction of sp³-hybridized carbons (Fsp3) is 0.600. The zero-order valence-electron chi connectivity index (χ0n) is 6.56. The van der Waals surface area contributed by atoms with Gasteiger partial charge in [-0.1, -0.05) is 18.6 Å². The maximum Gasteiger partial charge on any atom is 0.0237 e. The molecule has 0 aromatic heterocycles. The van der Waals surface area contributed by atoms with Crippen LogP contribution in [0, 0.1) is 18.3 Å². The van der Waals surface area contributed by atoms with E-state index in [1.54, 1.807) is 5.57 Å². The molecule has 0 saturated heterocycles. The molecule has 0 bridgehead atoms. The summed E-state index contributed by atoms with van der Waals surface area (Å²) in [6.07, 6.45) is 12.4. The van der Waals surface area contributed by atoms with E-state index in [0.29, 0.717) is 5.92 Å². The van der Waals surface area contributed by atoms with E-state index < -0.39 is 0 Å². The average Bonchev–Trinajstić information content (AvgIpc) is 2.05. The summed E-state index contributed by atoms with van der Waals surface area (Å²) in [6, 6.07) is 0. The molecule has 1 rings (SSSR count). The van der Waals surface area contributed by atoms with Gasteiger partial charge in [0.15, 0.2) is 0 Å². The minimum Gasteiger partial charge on any atom is -0.120 e. The highest BCUT2D eigenvalue weighted by atomic mass is 14.1. The van der Waals surface area contributed by atoms with Gasteiger partial charge in [0.1, 0.15) is 0 Å². The predicted molar refractivity (Wildman–Crippen MR) is 44.5 cm³/mol. The molecular formula is C10H14.